The molecule has 1 aromatic carbocycles. The highest BCUT2D eigenvalue weighted by Gasteiger charge is 2.08. The summed E-state index contributed by atoms with van der Waals surface area (Å²) in [5.74, 6) is -0.246. The van der Waals surface area contributed by atoms with Crippen LogP contribution in [0.25, 0.3) is 0 Å². The SMILES string of the molecule is CC(CCN(C)C)NCc1c(F)cccc1Cl. The van der Waals surface area contributed by atoms with Crippen LogP contribution in [0.5, 0.6) is 0 Å². The smallest absolute Gasteiger partial charge is 0.129 e. The van der Waals surface area contributed by atoms with Gasteiger partial charge in [-0.25, -0.2) is 4.39 Å². The summed E-state index contributed by atoms with van der Waals surface area (Å²) >= 11 is 5.95. The number of benzene rings is 1. The maximum absolute atomic E-state index is 13.5. The van der Waals surface area contributed by atoms with Crippen LogP contribution < -0.4 is 5.32 Å². The van der Waals surface area contributed by atoms with Crippen LogP contribution >= 0.6 is 11.6 Å². The van der Waals surface area contributed by atoms with Crippen molar-refractivity contribution >= 4 is 11.6 Å². The minimum atomic E-state index is -0.246. The molecule has 0 heterocycles. The van der Waals surface area contributed by atoms with Crippen LogP contribution in [0.2, 0.25) is 5.02 Å². The molecule has 17 heavy (non-hydrogen) atoms. The van der Waals surface area contributed by atoms with Gasteiger partial charge in [0.2, 0.25) is 0 Å². The van der Waals surface area contributed by atoms with E-state index < -0.39 is 0 Å². The second-order valence-corrected chi connectivity index (χ2v) is 4.98. The quantitative estimate of drug-likeness (QED) is 0.844. The Balaban J connectivity index is 2.44. The first-order chi connectivity index (χ1) is 8.00. The molecule has 0 aliphatic rings. The van der Waals surface area contributed by atoms with Crippen LogP contribution in [0.3, 0.4) is 0 Å². The molecule has 0 aliphatic carbocycles. The highest BCUT2D eigenvalue weighted by Crippen LogP contribution is 2.18. The molecule has 1 rings (SSSR count). The normalized spacial score (nSPS) is 13.1. The summed E-state index contributed by atoms with van der Waals surface area (Å²) in [6, 6.07) is 5.11. The highest BCUT2D eigenvalue weighted by atomic mass is 35.5. The molecule has 0 aliphatic heterocycles. The van der Waals surface area contributed by atoms with E-state index in [2.05, 4.69) is 17.1 Å². The van der Waals surface area contributed by atoms with Gasteiger partial charge in [-0.3, -0.25) is 0 Å². The van der Waals surface area contributed by atoms with Crippen molar-refractivity contribution in [2.24, 2.45) is 0 Å². The first-order valence-corrected chi connectivity index (χ1v) is 6.19. The van der Waals surface area contributed by atoms with Gasteiger partial charge in [-0.05, 0) is 46.1 Å². The fraction of sp³-hybridized carbons (Fsp3) is 0.538. The fourth-order valence-electron chi connectivity index (χ4n) is 1.53. The number of nitrogens with one attached hydrogen (secondary N) is 1. The summed E-state index contributed by atoms with van der Waals surface area (Å²) < 4.78 is 13.5. The summed E-state index contributed by atoms with van der Waals surface area (Å²) in [6.45, 7) is 3.58. The van der Waals surface area contributed by atoms with Crippen LogP contribution in [-0.2, 0) is 6.54 Å². The summed E-state index contributed by atoms with van der Waals surface area (Å²) in [7, 11) is 4.08. The van der Waals surface area contributed by atoms with Gasteiger partial charge >= 0.3 is 0 Å². The number of hydrogen-bond acceptors (Lipinski definition) is 2. The Kier molecular flexibility index (Phi) is 5.89. The second kappa shape index (κ2) is 6.94. The lowest BCUT2D eigenvalue weighted by Crippen LogP contribution is -2.29. The van der Waals surface area contributed by atoms with Gasteiger partial charge in [0.25, 0.3) is 0 Å². The largest absolute Gasteiger partial charge is 0.310 e. The van der Waals surface area contributed by atoms with Crippen molar-refractivity contribution in [1.29, 1.82) is 0 Å². The molecule has 1 atom stereocenters. The standard InChI is InChI=1S/C13H20ClFN2/c1-10(7-8-17(2)3)16-9-11-12(14)5-4-6-13(11)15/h4-6,10,16H,7-9H2,1-3H3. The average Bonchev–Trinajstić information content (AvgIpc) is 2.25. The van der Waals surface area contributed by atoms with Crippen molar-refractivity contribution < 1.29 is 4.39 Å². The maximum Gasteiger partial charge on any atom is 0.129 e. The predicted molar refractivity (Wildman–Crippen MR) is 70.9 cm³/mol. The van der Waals surface area contributed by atoms with Crippen LogP contribution in [-0.4, -0.2) is 31.6 Å². The van der Waals surface area contributed by atoms with Crippen molar-refractivity contribution in [3.8, 4) is 0 Å². The van der Waals surface area contributed by atoms with E-state index in [9.17, 15) is 4.39 Å². The molecule has 0 spiro atoms. The third-order valence-electron chi connectivity index (χ3n) is 2.70. The summed E-state index contributed by atoms with van der Waals surface area (Å²) in [4.78, 5) is 2.13. The third-order valence-corrected chi connectivity index (χ3v) is 3.05. The summed E-state index contributed by atoms with van der Waals surface area (Å²) in [5, 5.41) is 3.77. The van der Waals surface area contributed by atoms with Crippen molar-refractivity contribution in [3.05, 3.63) is 34.6 Å². The first-order valence-electron chi connectivity index (χ1n) is 5.81. The molecule has 0 bridgehead atoms. The highest BCUT2D eigenvalue weighted by molar-refractivity contribution is 6.31. The van der Waals surface area contributed by atoms with E-state index in [4.69, 9.17) is 11.6 Å². The number of rotatable bonds is 6. The lowest BCUT2D eigenvalue weighted by atomic mass is 10.1. The summed E-state index contributed by atoms with van der Waals surface area (Å²) in [5.41, 5.74) is 0.547. The minimum Gasteiger partial charge on any atom is -0.310 e. The molecule has 1 unspecified atom stereocenters. The molecule has 4 heteroatoms. The molecule has 1 aromatic rings. The molecular weight excluding hydrogens is 239 g/mol. The molecular formula is C13H20ClFN2. The number of halogens is 2. The van der Waals surface area contributed by atoms with Gasteiger partial charge in [0.05, 0.1) is 0 Å². The van der Waals surface area contributed by atoms with Crippen molar-refractivity contribution in [1.82, 2.24) is 10.2 Å². The van der Waals surface area contributed by atoms with Crippen molar-refractivity contribution in [3.63, 3.8) is 0 Å². The fourth-order valence-corrected chi connectivity index (χ4v) is 1.76. The van der Waals surface area contributed by atoms with E-state index in [1.54, 1.807) is 12.1 Å². The molecule has 0 amide bonds. The van der Waals surface area contributed by atoms with E-state index >= 15 is 0 Å². The minimum absolute atomic E-state index is 0.246. The Morgan fingerprint density at radius 1 is 1.41 bits per heavy atom. The molecule has 0 saturated heterocycles. The number of hydrogen-bond donors (Lipinski definition) is 1. The van der Waals surface area contributed by atoms with Crippen LogP contribution in [0.4, 0.5) is 4.39 Å². The van der Waals surface area contributed by atoms with Crippen molar-refractivity contribution in [2.45, 2.75) is 25.9 Å². The Morgan fingerprint density at radius 3 is 2.71 bits per heavy atom. The molecule has 0 fully saturated rings. The molecule has 1 N–H and O–H groups in total. The van der Waals surface area contributed by atoms with E-state index in [0.717, 1.165) is 13.0 Å². The van der Waals surface area contributed by atoms with E-state index in [1.165, 1.54) is 6.07 Å². The Bertz CT molecular complexity index is 335. The van der Waals surface area contributed by atoms with Gasteiger partial charge in [-0.15, -0.1) is 0 Å². The van der Waals surface area contributed by atoms with Gasteiger partial charge < -0.3 is 10.2 Å². The summed E-state index contributed by atoms with van der Waals surface area (Å²) in [6.07, 6.45) is 1.03. The second-order valence-electron chi connectivity index (χ2n) is 4.57. The molecule has 0 radical (unpaired) electrons. The van der Waals surface area contributed by atoms with Crippen molar-refractivity contribution in [2.75, 3.05) is 20.6 Å². The van der Waals surface area contributed by atoms with Crippen LogP contribution in [0.1, 0.15) is 18.9 Å². The Labute approximate surface area is 108 Å². The molecule has 2 nitrogen and oxygen atoms in total. The van der Waals surface area contributed by atoms with Gasteiger partial charge in [-0.2, -0.15) is 0 Å². The van der Waals surface area contributed by atoms with Gasteiger partial charge in [-0.1, -0.05) is 17.7 Å². The molecule has 0 saturated carbocycles. The van der Waals surface area contributed by atoms with Gasteiger partial charge in [0.1, 0.15) is 5.82 Å². The first kappa shape index (κ1) is 14.4. The maximum atomic E-state index is 13.5. The van der Waals surface area contributed by atoms with E-state index in [1.807, 2.05) is 14.1 Å². The van der Waals surface area contributed by atoms with E-state index in [-0.39, 0.29) is 5.82 Å². The van der Waals surface area contributed by atoms with Gasteiger partial charge in [0.15, 0.2) is 0 Å². The molecule has 96 valence electrons. The predicted octanol–water partition coefficient (Wildman–Crippen LogP) is 2.91. The lowest BCUT2D eigenvalue weighted by molar-refractivity contribution is 0.365. The average molecular weight is 259 g/mol. The Morgan fingerprint density at radius 2 is 2.12 bits per heavy atom. The zero-order chi connectivity index (χ0) is 12.8. The van der Waals surface area contributed by atoms with E-state index in [0.29, 0.717) is 23.2 Å². The monoisotopic (exact) mass is 258 g/mol. The zero-order valence-corrected chi connectivity index (χ0v) is 11.4. The lowest BCUT2D eigenvalue weighted by Gasteiger charge is -2.17. The van der Waals surface area contributed by atoms with Crippen LogP contribution in [0.15, 0.2) is 18.2 Å². The zero-order valence-electron chi connectivity index (χ0n) is 10.6. The third kappa shape index (κ3) is 5.02. The number of nitrogens with zero attached hydrogens (tertiary/aromatic N) is 1. The van der Waals surface area contributed by atoms with Gasteiger partial charge in [0, 0.05) is 23.2 Å². The van der Waals surface area contributed by atoms with Crippen LogP contribution in [0, 0.1) is 5.82 Å². The Hall–Kier alpha value is -0.640. The molecule has 0 aromatic heterocycles. The topological polar surface area (TPSA) is 15.3 Å².